The van der Waals surface area contributed by atoms with Gasteiger partial charge in [0.2, 0.25) is 5.88 Å². The number of aromatic nitrogens is 2. The van der Waals surface area contributed by atoms with Crippen LogP contribution in [-0.4, -0.2) is 21.7 Å². The molecule has 0 radical (unpaired) electrons. The SMILES string of the molecule is O=c1[nH]c(C2CCOc3ccccc32)nc(O)c1I. The lowest BCUT2D eigenvalue weighted by Crippen LogP contribution is -2.21. The van der Waals surface area contributed by atoms with Gasteiger partial charge in [0.05, 0.1) is 6.61 Å². The fourth-order valence-corrected chi connectivity index (χ4v) is 2.51. The molecule has 3 rings (SSSR count). The maximum absolute atomic E-state index is 11.7. The van der Waals surface area contributed by atoms with Crippen molar-refractivity contribution in [2.24, 2.45) is 0 Å². The van der Waals surface area contributed by atoms with Crippen LogP contribution < -0.4 is 10.3 Å². The number of hydrogen-bond donors (Lipinski definition) is 2. The van der Waals surface area contributed by atoms with Gasteiger partial charge in [0.1, 0.15) is 15.1 Å². The smallest absolute Gasteiger partial charge is 0.268 e. The van der Waals surface area contributed by atoms with Gasteiger partial charge in [0.25, 0.3) is 5.56 Å². The van der Waals surface area contributed by atoms with Crippen molar-refractivity contribution in [3.8, 4) is 11.6 Å². The van der Waals surface area contributed by atoms with Crippen LogP contribution in [0.25, 0.3) is 0 Å². The van der Waals surface area contributed by atoms with Crippen molar-refractivity contribution >= 4 is 22.6 Å². The van der Waals surface area contributed by atoms with E-state index in [0.717, 1.165) is 17.7 Å². The predicted octanol–water partition coefficient (Wildman–Crippen LogP) is 1.99. The number of rotatable bonds is 1. The highest BCUT2D eigenvalue weighted by atomic mass is 127. The molecule has 0 bridgehead atoms. The predicted molar refractivity (Wildman–Crippen MR) is 77.6 cm³/mol. The first-order valence-electron chi connectivity index (χ1n) is 5.87. The van der Waals surface area contributed by atoms with E-state index in [2.05, 4.69) is 9.97 Å². The normalized spacial score (nSPS) is 17.6. The number of H-pyrrole nitrogens is 1. The number of nitrogens with one attached hydrogen (secondary N) is 1. The summed E-state index contributed by atoms with van der Waals surface area (Å²) in [5.41, 5.74) is 0.671. The van der Waals surface area contributed by atoms with Gasteiger partial charge in [-0.15, -0.1) is 0 Å². The van der Waals surface area contributed by atoms with Crippen LogP contribution in [0.4, 0.5) is 0 Å². The molecular formula is C13H11IN2O3. The van der Waals surface area contributed by atoms with Crippen molar-refractivity contribution in [2.75, 3.05) is 6.61 Å². The molecule has 1 aliphatic rings. The van der Waals surface area contributed by atoms with Gasteiger partial charge in [0.15, 0.2) is 0 Å². The number of ether oxygens (including phenoxy) is 1. The van der Waals surface area contributed by atoms with E-state index >= 15 is 0 Å². The summed E-state index contributed by atoms with van der Waals surface area (Å²) in [4.78, 5) is 18.6. The molecular weight excluding hydrogens is 359 g/mol. The van der Waals surface area contributed by atoms with E-state index in [0.29, 0.717) is 12.4 Å². The third-order valence-electron chi connectivity index (χ3n) is 3.15. The molecule has 98 valence electrons. The van der Waals surface area contributed by atoms with Crippen molar-refractivity contribution < 1.29 is 9.84 Å². The first-order chi connectivity index (χ1) is 9.16. The number of para-hydroxylation sites is 1. The van der Waals surface area contributed by atoms with Crippen molar-refractivity contribution in [1.82, 2.24) is 9.97 Å². The minimum atomic E-state index is -0.313. The number of aromatic amines is 1. The van der Waals surface area contributed by atoms with Crippen LogP contribution in [0.5, 0.6) is 11.6 Å². The first kappa shape index (κ1) is 12.5. The van der Waals surface area contributed by atoms with E-state index in [1.807, 2.05) is 24.3 Å². The molecule has 1 aromatic carbocycles. The number of benzene rings is 1. The van der Waals surface area contributed by atoms with E-state index in [-0.39, 0.29) is 20.9 Å². The van der Waals surface area contributed by atoms with Crippen molar-refractivity contribution in [1.29, 1.82) is 0 Å². The Morgan fingerprint density at radius 2 is 2.21 bits per heavy atom. The van der Waals surface area contributed by atoms with Gasteiger partial charge in [-0.2, -0.15) is 4.98 Å². The second kappa shape index (κ2) is 4.84. The Bertz CT molecular complexity index is 684. The highest BCUT2D eigenvalue weighted by Gasteiger charge is 2.25. The molecule has 0 amide bonds. The lowest BCUT2D eigenvalue weighted by atomic mass is 9.92. The molecule has 0 aliphatic carbocycles. The van der Waals surface area contributed by atoms with Gasteiger partial charge in [-0.25, -0.2) is 0 Å². The molecule has 5 nitrogen and oxygen atoms in total. The van der Waals surface area contributed by atoms with Crippen LogP contribution in [0.1, 0.15) is 23.7 Å². The Balaban J connectivity index is 2.12. The van der Waals surface area contributed by atoms with Gasteiger partial charge in [-0.1, -0.05) is 18.2 Å². The average molecular weight is 370 g/mol. The molecule has 0 spiro atoms. The summed E-state index contributed by atoms with van der Waals surface area (Å²) in [5, 5.41) is 9.69. The van der Waals surface area contributed by atoms with Crippen LogP contribution in [0.2, 0.25) is 0 Å². The van der Waals surface area contributed by atoms with Gasteiger partial charge in [-0.05, 0) is 35.1 Å². The largest absolute Gasteiger partial charge is 0.493 e. The molecule has 2 aromatic rings. The molecule has 6 heteroatoms. The molecule has 0 fully saturated rings. The summed E-state index contributed by atoms with van der Waals surface area (Å²) in [6.07, 6.45) is 0.722. The Hall–Kier alpha value is -1.57. The molecule has 19 heavy (non-hydrogen) atoms. The van der Waals surface area contributed by atoms with Crippen LogP contribution in [0, 0.1) is 3.57 Å². The maximum Gasteiger partial charge on any atom is 0.268 e. The average Bonchev–Trinajstić information content (AvgIpc) is 2.43. The lowest BCUT2D eigenvalue weighted by molar-refractivity contribution is 0.273. The Morgan fingerprint density at radius 3 is 3.00 bits per heavy atom. The number of aromatic hydroxyl groups is 1. The summed E-state index contributed by atoms with van der Waals surface area (Å²) >= 11 is 1.78. The van der Waals surface area contributed by atoms with Gasteiger partial charge in [0, 0.05) is 11.5 Å². The van der Waals surface area contributed by atoms with Gasteiger partial charge >= 0.3 is 0 Å². The quantitative estimate of drug-likeness (QED) is 0.753. The molecule has 2 heterocycles. The molecule has 0 saturated heterocycles. The Morgan fingerprint density at radius 1 is 1.42 bits per heavy atom. The van der Waals surface area contributed by atoms with E-state index in [4.69, 9.17) is 4.74 Å². The molecule has 1 aliphatic heterocycles. The van der Waals surface area contributed by atoms with Crippen LogP contribution in [0.3, 0.4) is 0 Å². The van der Waals surface area contributed by atoms with Crippen LogP contribution >= 0.6 is 22.6 Å². The zero-order valence-electron chi connectivity index (χ0n) is 9.89. The highest BCUT2D eigenvalue weighted by molar-refractivity contribution is 14.1. The molecule has 1 unspecified atom stereocenters. The second-order valence-corrected chi connectivity index (χ2v) is 5.40. The van der Waals surface area contributed by atoms with Crippen molar-refractivity contribution in [3.05, 3.63) is 49.6 Å². The van der Waals surface area contributed by atoms with E-state index in [1.54, 1.807) is 22.6 Å². The minimum Gasteiger partial charge on any atom is -0.493 e. The monoisotopic (exact) mass is 370 g/mol. The summed E-state index contributed by atoms with van der Waals surface area (Å²) in [5.74, 6) is 1.02. The van der Waals surface area contributed by atoms with Crippen LogP contribution in [-0.2, 0) is 0 Å². The number of hydrogen-bond acceptors (Lipinski definition) is 4. The zero-order chi connectivity index (χ0) is 13.4. The van der Waals surface area contributed by atoms with Gasteiger partial charge in [-0.3, -0.25) is 4.79 Å². The minimum absolute atomic E-state index is 0.0550. The standard InChI is InChI=1S/C13H11IN2O3/c14-10-12(17)15-11(16-13(10)18)8-5-6-19-9-4-2-1-3-7(8)9/h1-4,8H,5-6H2,(H2,15,16,17,18). The number of nitrogens with zero attached hydrogens (tertiary/aromatic N) is 1. The van der Waals surface area contributed by atoms with E-state index < -0.39 is 0 Å². The molecule has 1 aromatic heterocycles. The third kappa shape index (κ3) is 2.20. The van der Waals surface area contributed by atoms with Crippen molar-refractivity contribution in [2.45, 2.75) is 12.3 Å². The number of fused-ring (bicyclic) bond motifs is 1. The van der Waals surface area contributed by atoms with Crippen LogP contribution in [0.15, 0.2) is 29.1 Å². The van der Waals surface area contributed by atoms with E-state index in [1.165, 1.54) is 0 Å². The zero-order valence-corrected chi connectivity index (χ0v) is 12.0. The summed E-state index contributed by atoms with van der Waals surface area (Å²) < 4.78 is 5.79. The summed E-state index contributed by atoms with van der Waals surface area (Å²) in [6, 6.07) is 7.67. The summed E-state index contributed by atoms with van der Waals surface area (Å²) in [6.45, 7) is 0.568. The fourth-order valence-electron chi connectivity index (χ4n) is 2.25. The second-order valence-electron chi connectivity index (χ2n) is 4.32. The molecule has 1 atom stereocenters. The van der Waals surface area contributed by atoms with E-state index in [9.17, 15) is 9.90 Å². The first-order valence-corrected chi connectivity index (χ1v) is 6.95. The molecule has 2 N–H and O–H groups in total. The summed E-state index contributed by atoms with van der Waals surface area (Å²) in [7, 11) is 0. The van der Waals surface area contributed by atoms with Gasteiger partial charge < -0.3 is 14.8 Å². The number of halogens is 1. The third-order valence-corrected chi connectivity index (χ3v) is 4.12. The Kier molecular flexibility index (Phi) is 3.17. The van der Waals surface area contributed by atoms with Crippen molar-refractivity contribution in [3.63, 3.8) is 0 Å². The fraction of sp³-hybridized carbons (Fsp3) is 0.231. The lowest BCUT2D eigenvalue weighted by Gasteiger charge is -2.25. The topological polar surface area (TPSA) is 75.2 Å². The Labute approximate surface area is 122 Å². The molecule has 0 saturated carbocycles. The highest BCUT2D eigenvalue weighted by Crippen LogP contribution is 2.36. The maximum atomic E-state index is 11.7.